The first-order valence-corrected chi connectivity index (χ1v) is 26.0. The van der Waals surface area contributed by atoms with Gasteiger partial charge in [-0.3, -0.25) is 19.1 Å². The molecule has 0 bridgehead atoms. The molecule has 354 valence electrons. The number of aryl methyl sites for hydroxylation is 1. The lowest BCUT2D eigenvalue weighted by atomic mass is 9.77. The third kappa shape index (κ3) is 13.0. The van der Waals surface area contributed by atoms with Crippen LogP contribution in [-0.2, 0) is 48.0 Å². The van der Waals surface area contributed by atoms with E-state index in [2.05, 4.69) is 67.6 Å². The predicted molar refractivity (Wildman–Crippen MR) is 264 cm³/mol. The van der Waals surface area contributed by atoms with Gasteiger partial charge in [-0.2, -0.15) is 5.10 Å². The number of phenolic OH excluding ortho intramolecular Hbond substituents is 1. The Bertz CT molecular complexity index is 2760. The van der Waals surface area contributed by atoms with E-state index in [4.69, 9.17) is 13.9 Å². The molecule has 0 aliphatic carbocycles. The number of hydrogen-bond acceptors (Lipinski definition) is 9. The standard InChI is InChI=1S/C56H57FN4O7Si/c1-56(2,3)69(4,5)68-51(44-25-27-45(57)28-26-44)33-32-48-52(61(53(48)63)46-29-22-40(23-30-46)15-12-13-34-60-39-58-38-59-60)47-31-24-41(35-50(47)62)20-14-21-49(54(64)66-36-42-16-8-6-9-17-42)55(65)67-37-43-18-10-7-11-19-43/h6-11,16-19,22-31,35,38-39,48-49,51-52,62H,13,21,32-34,36-37H2,1-5H3/t48-,51+,52-/m1/s1. The first-order chi connectivity index (χ1) is 33.2. The molecule has 1 aliphatic heterocycles. The Morgan fingerprint density at radius 3 is 2.00 bits per heavy atom. The number of aromatic nitrogens is 3. The minimum atomic E-state index is -2.32. The Kier molecular flexibility index (Phi) is 16.3. The SMILES string of the molecule is CC(C)(C)[Si](C)(C)O[C@@H](CC[C@H]1C(=O)N(c2ccc(C#CCCn3cncn3)cc2)[C@@H]1c1ccc(C#CCC(C(=O)OCc2ccccc2)C(=O)OCc2ccccc2)cc1O)c1ccc(F)cc1. The second kappa shape index (κ2) is 22.6. The zero-order valence-electron chi connectivity index (χ0n) is 39.6. The molecule has 5 aromatic carbocycles. The highest BCUT2D eigenvalue weighted by Crippen LogP contribution is 2.49. The van der Waals surface area contributed by atoms with Crippen LogP contribution < -0.4 is 4.90 Å². The Hall–Kier alpha value is -7.32. The molecule has 1 aromatic heterocycles. The molecule has 13 heteroatoms. The van der Waals surface area contributed by atoms with Gasteiger partial charge in [-0.05, 0) is 96.2 Å². The van der Waals surface area contributed by atoms with Crippen LogP contribution in [0.15, 0.2) is 140 Å². The maximum Gasteiger partial charge on any atom is 0.321 e. The van der Waals surface area contributed by atoms with Crippen LogP contribution in [0.5, 0.6) is 5.75 Å². The van der Waals surface area contributed by atoms with E-state index in [1.54, 1.807) is 40.2 Å². The summed E-state index contributed by atoms with van der Waals surface area (Å²) in [6, 6.07) is 36.6. The lowest BCUT2D eigenvalue weighted by Gasteiger charge is -2.48. The molecule has 1 amide bonds. The topological polar surface area (TPSA) is 133 Å². The van der Waals surface area contributed by atoms with Gasteiger partial charge in [0.25, 0.3) is 0 Å². The fraction of sp³-hybridized carbons (Fsp3) is 0.304. The summed E-state index contributed by atoms with van der Waals surface area (Å²) in [4.78, 5) is 46.7. The maximum absolute atomic E-state index is 14.4. The zero-order chi connectivity index (χ0) is 49.0. The third-order valence-electron chi connectivity index (χ3n) is 12.7. The van der Waals surface area contributed by atoms with E-state index < -0.39 is 44.2 Å². The Labute approximate surface area is 404 Å². The number of aromatic hydroxyl groups is 1. The Morgan fingerprint density at radius 2 is 1.42 bits per heavy atom. The average molecular weight is 945 g/mol. The molecule has 0 radical (unpaired) electrons. The van der Waals surface area contributed by atoms with Crippen LogP contribution in [0, 0.1) is 41.3 Å². The number of rotatable bonds is 17. The Balaban J connectivity index is 1.12. The third-order valence-corrected chi connectivity index (χ3v) is 17.1. The van der Waals surface area contributed by atoms with Crippen LogP contribution in [0.2, 0.25) is 18.1 Å². The van der Waals surface area contributed by atoms with Crippen molar-refractivity contribution in [3.8, 4) is 29.4 Å². The number of phenols is 1. The second-order valence-corrected chi connectivity index (χ2v) is 23.3. The molecule has 1 aliphatic rings. The van der Waals surface area contributed by atoms with Gasteiger partial charge in [0.1, 0.15) is 37.4 Å². The van der Waals surface area contributed by atoms with E-state index in [-0.39, 0.29) is 42.1 Å². The van der Waals surface area contributed by atoms with Gasteiger partial charge in [0.2, 0.25) is 5.91 Å². The van der Waals surface area contributed by atoms with Gasteiger partial charge in [-0.15, -0.1) is 0 Å². The molecule has 2 heterocycles. The molecule has 1 N–H and O–H groups in total. The van der Waals surface area contributed by atoms with Crippen LogP contribution in [0.1, 0.15) is 92.0 Å². The molecule has 11 nitrogen and oxygen atoms in total. The molecule has 6 aromatic rings. The van der Waals surface area contributed by atoms with Crippen molar-refractivity contribution >= 4 is 31.9 Å². The van der Waals surface area contributed by atoms with Gasteiger partial charge < -0.3 is 23.9 Å². The number of esters is 2. The first kappa shape index (κ1) is 49.6. The summed E-state index contributed by atoms with van der Waals surface area (Å²) in [5, 5.41) is 15.8. The highest BCUT2D eigenvalue weighted by atomic mass is 28.4. The minimum Gasteiger partial charge on any atom is -0.508 e. The number of nitrogens with zero attached hydrogens (tertiary/aromatic N) is 4. The van der Waals surface area contributed by atoms with Crippen molar-refractivity contribution in [1.29, 1.82) is 0 Å². The fourth-order valence-corrected chi connectivity index (χ4v) is 9.06. The summed E-state index contributed by atoms with van der Waals surface area (Å²) >= 11 is 0. The summed E-state index contributed by atoms with van der Waals surface area (Å²) in [5.41, 5.74) is 4.76. The second-order valence-electron chi connectivity index (χ2n) is 18.5. The number of halogens is 1. The van der Waals surface area contributed by atoms with Gasteiger partial charge in [-0.25, -0.2) is 9.37 Å². The van der Waals surface area contributed by atoms with Crippen molar-refractivity contribution in [2.75, 3.05) is 4.90 Å². The first-order valence-electron chi connectivity index (χ1n) is 23.1. The van der Waals surface area contributed by atoms with Crippen LogP contribution in [0.3, 0.4) is 0 Å². The highest BCUT2D eigenvalue weighted by molar-refractivity contribution is 6.74. The molecule has 0 unspecified atom stereocenters. The number of benzene rings is 5. The molecule has 7 rings (SSSR count). The van der Waals surface area contributed by atoms with Gasteiger partial charge in [-0.1, -0.05) is 123 Å². The molecule has 69 heavy (non-hydrogen) atoms. The summed E-state index contributed by atoms with van der Waals surface area (Å²) in [7, 11) is -2.32. The maximum atomic E-state index is 14.4. The summed E-state index contributed by atoms with van der Waals surface area (Å²) in [6.07, 6.45) is 4.04. The minimum absolute atomic E-state index is 0.0208. The number of anilines is 1. The zero-order valence-corrected chi connectivity index (χ0v) is 40.6. The van der Waals surface area contributed by atoms with Crippen molar-refractivity contribution in [3.05, 3.63) is 179 Å². The highest BCUT2D eigenvalue weighted by Gasteiger charge is 2.50. The van der Waals surface area contributed by atoms with Crippen molar-refractivity contribution in [3.63, 3.8) is 0 Å². The number of carbonyl (C=O) groups excluding carboxylic acids is 3. The predicted octanol–water partition coefficient (Wildman–Crippen LogP) is 10.7. The summed E-state index contributed by atoms with van der Waals surface area (Å²) in [6.45, 7) is 11.4. The van der Waals surface area contributed by atoms with E-state index in [0.29, 0.717) is 42.6 Å². The monoisotopic (exact) mass is 944 g/mol. The van der Waals surface area contributed by atoms with E-state index in [1.165, 1.54) is 24.5 Å². The van der Waals surface area contributed by atoms with Crippen LogP contribution in [0.25, 0.3) is 0 Å². The van der Waals surface area contributed by atoms with Gasteiger partial charge in [0.05, 0.1) is 24.6 Å². The van der Waals surface area contributed by atoms with Crippen molar-refractivity contribution in [2.24, 2.45) is 11.8 Å². The molecule has 0 spiro atoms. The number of hydrogen-bond donors (Lipinski definition) is 1. The quantitative estimate of drug-likeness (QED) is 0.0312. The van der Waals surface area contributed by atoms with E-state index in [1.807, 2.05) is 84.9 Å². The molecule has 3 atom stereocenters. The molecular weight excluding hydrogens is 888 g/mol. The molecule has 1 fully saturated rings. The average Bonchev–Trinajstić information content (AvgIpc) is 3.87. The van der Waals surface area contributed by atoms with E-state index in [0.717, 1.165) is 22.3 Å². The number of β-lactam (4-membered cyclic amide) rings is 1. The van der Waals surface area contributed by atoms with E-state index in [9.17, 15) is 23.9 Å². The van der Waals surface area contributed by atoms with Crippen LogP contribution in [-0.4, -0.2) is 46.0 Å². The van der Waals surface area contributed by atoms with Crippen LogP contribution >= 0.6 is 0 Å². The fourth-order valence-electron chi connectivity index (χ4n) is 7.74. The number of ether oxygens (including phenoxy) is 2. The van der Waals surface area contributed by atoms with Gasteiger partial charge in [0, 0.05) is 35.2 Å². The molecule has 1 saturated heterocycles. The Morgan fingerprint density at radius 1 is 0.812 bits per heavy atom. The van der Waals surface area contributed by atoms with Crippen LogP contribution in [0.4, 0.5) is 10.1 Å². The summed E-state index contributed by atoms with van der Waals surface area (Å²) < 4.78 is 33.9. The number of carbonyl (C=O) groups is 3. The normalized spacial score (nSPS) is 15.0. The van der Waals surface area contributed by atoms with Crippen molar-refractivity contribution in [2.45, 2.75) is 96.5 Å². The lowest BCUT2D eigenvalue weighted by Crippen LogP contribution is -2.55. The number of amides is 1. The summed E-state index contributed by atoms with van der Waals surface area (Å²) in [5.74, 6) is 8.41. The van der Waals surface area contributed by atoms with E-state index >= 15 is 0 Å². The van der Waals surface area contributed by atoms with Crippen molar-refractivity contribution < 1.29 is 37.8 Å². The van der Waals surface area contributed by atoms with Gasteiger partial charge in [0.15, 0.2) is 14.2 Å². The smallest absolute Gasteiger partial charge is 0.321 e. The lowest BCUT2D eigenvalue weighted by molar-refractivity contribution is -0.163. The largest absolute Gasteiger partial charge is 0.508 e. The van der Waals surface area contributed by atoms with Gasteiger partial charge >= 0.3 is 11.9 Å². The molecular formula is C56H57FN4O7Si. The van der Waals surface area contributed by atoms with Crippen molar-refractivity contribution in [1.82, 2.24) is 14.8 Å². The molecule has 0 saturated carbocycles.